The quantitative estimate of drug-likeness (QED) is 0.801. The molecule has 0 fully saturated rings. The summed E-state index contributed by atoms with van der Waals surface area (Å²) in [4.78, 5) is 14.5. The lowest BCUT2D eigenvalue weighted by atomic mass is 10.0. The van der Waals surface area contributed by atoms with Crippen LogP contribution in [0.1, 0.15) is 10.5 Å². The molecule has 3 N–H and O–H groups in total. The Balaban J connectivity index is 2.56. The molecule has 2 aromatic rings. The molecule has 4 nitrogen and oxygen atoms in total. The third kappa shape index (κ3) is 1.86. The Morgan fingerprint density at radius 1 is 1.25 bits per heavy atom. The number of aromatic nitrogens is 1. The Hall–Kier alpha value is -2.36. The van der Waals surface area contributed by atoms with Gasteiger partial charge in [0, 0.05) is 5.56 Å². The molecule has 0 bridgehead atoms. The van der Waals surface area contributed by atoms with Crippen LogP contribution in [0.3, 0.4) is 0 Å². The summed E-state index contributed by atoms with van der Waals surface area (Å²) in [5.74, 6) is -1.06. The number of nitrogen functional groups attached to an aromatic ring is 1. The maximum absolute atomic E-state index is 10.8. The molecule has 0 radical (unpaired) electrons. The molecule has 0 atom stereocenters. The Bertz CT molecular complexity index is 524. The van der Waals surface area contributed by atoms with Gasteiger partial charge in [-0.2, -0.15) is 0 Å². The number of pyridine rings is 1. The van der Waals surface area contributed by atoms with Crippen molar-refractivity contribution < 1.29 is 9.90 Å². The number of hydrogen-bond donors (Lipinski definition) is 2. The summed E-state index contributed by atoms with van der Waals surface area (Å²) in [6.07, 6.45) is 1.37. The van der Waals surface area contributed by atoms with Crippen molar-refractivity contribution in [3.8, 4) is 11.1 Å². The Morgan fingerprint density at radius 3 is 2.56 bits per heavy atom. The zero-order valence-electron chi connectivity index (χ0n) is 8.42. The first-order valence-corrected chi connectivity index (χ1v) is 4.72. The van der Waals surface area contributed by atoms with Crippen LogP contribution in [0.5, 0.6) is 0 Å². The van der Waals surface area contributed by atoms with Crippen molar-refractivity contribution in [1.82, 2.24) is 4.98 Å². The summed E-state index contributed by atoms with van der Waals surface area (Å²) in [6.45, 7) is 0. The smallest absolute Gasteiger partial charge is 0.354 e. The van der Waals surface area contributed by atoms with Crippen LogP contribution in [0.15, 0.2) is 42.6 Å². The predicted molar refractivity (Wildman–Crippen MR) is 61.0 cm³/mol. The molecule has 0 saturated heterocycles. The van der Waals surface area contributed by atoms with E-state index in [4.69, 9.17) is 10.8 Å². The highest BCUT2D eigenvalue weighted by Gasteiger charge is 2.09. The first kappa shape index (κ1) is 10.2. The predicted octanol–water partition coefficient (Wildman–Crippen LogP) is 2.03. The number of anilines is 1. The minimum absolute atomic E-state index is 0.00643. The molecule has 0 aliphatic carbocycles. The maximum atomic E-state index is 10.8. The van der Waals surface area contributed by atoms with Crippen molar-refractivity contribution in [1.29, 1.82) is 0 Å². The summed E-state index contributed by atoms with van der Waals surface area (Å²) in [5.41, 5.74) is 7.80. The Morgan fingerprint density at radius 2 is 1.94 bits per heavy atom. The number of nitrogens with zero attached hydrogens (tertiary/aromatic N) is 1. The van der Waals surface area contributed by atoms with Crippen molar-refractivity contribution in [2.75, 3.05) is 5.73 Å². The molecule has 1 aromatic carbocycles. The van der Waals surface area contributed by atoms with Crippen LogP contribution in [0.2, 0.25) is 0 Å². The molecule has 0 unspecified atom stereocenters. The number of carboxylic acids is 1. The highest BCUT2D eigenvalue weighted by atomic mass is 16.4. The summed E-state index contributed by atoms with van der Waals surface area (Å²) < 4.78 is 0. The third-order valence-corrected chi connectivity index (χ3v) is 2.24. The van der Waals surface area contributed by atoms with Crippen LogP contribution >= 0.6 is 0 Å². The van der Waals surface area contributed by atoms with Crippen LogP contribution in [0.25, 0.3) is 11.1 Å². The number of carboxylic acid groups (broad SMARTS) is 1. The maximum Gasteiger partial charge on any atom is 0.354 e. The number of carbonyl (C=O) groups is 1. The Labute approximate surface area is 92.4 Å². The van der Waals surface area contributed by atoms with Crippen LogP contribution in [0.4, 0.5) is 5.69 Å². The molecule has 2 rings (SSSR count). The van der Waals surface area contributed by atoms with E-state index in [1.165, 1.54) is 12.3 Å². The van der Waals surface area contributed by atoms with Crippen LogP contribution in [0, 0.1) is 0 Å². The van der Waals surface area contributed by atoms with Gasteiger partial charge in [-0.1, -0.05) is 30.3 Å². The zero-order chi connectivity index (χ0) is 11.5. The van der Waals surface area contributed by atoms with Crippen LogP contribution in [-0.4, -0.2) is 16.1 Å². The average molecular weight is 214 g/mol. The number of nitrogens with two attached hydrogens (primary N) is 1. The minimum atomic E-state index is -1.06. The highest BCUT2D eigenvalue weighted by molar-refractivity contribution is 5.89. The van der Waals surface area contributed by atoms with Crippen LogP contribution < -0.4 is 5.73 Å². The monoisotopic (exact) mass is 214 g/mol. The van der Waals surface area contributed by atoms with Gasteiger partial charge < -0.3 is 10.8 Å². The van der Waals surface area contributed by atoms with Gasteiger partial charge >= 0.3 is 5.97 Å². The van der Waals surface area contributed by atoms with Gasteiger partial charge in [-0.25, -0.2) is 9.78 Å². The molecule has 0 aliphatic rings. The van der Waals surface area contributed by atoms with E-state index in [-0.39, 0.29) is 5.69 Å². The normalized spacial score (nSPS) is 10.0. The first-order chi connectivity index (χ1) is 7.68. The van der Waals surface area contributed by atoms with Gasteiger partial charge in [0.15, 0.2) is 0 Å². The second-order valence-electron chi connectivity index (χ2n) is 3.33. The molecule has 0 spiro atoms. The summed E-state index contributed by atoms with van der Waals surface area (Å²) >= 11 is 0. The van der Waals surface area contributed by atoms with Gasteiger partial charge in [0.1, 0.15) is 5.69 Å². The minimum Gasteiger partial charge on any atom is -0.477 e. The van der Waals surface area contributed by atoms with E-state index < -0.39 is 5.97 Å². The van der Waals surface area contributed by atoms with E-state index >= 15 is 0 Å². The van der Waals surface area contributed by atoms with Crippen molar-refractivity contribution >= 4 is 11.7 Å². The lowest BCUT2D eigenvalue weighted by molar-refractivity contribution is 0.0690. The first-order valence-electron chi connectivity index (χ1n) is 4.72. The number of aromatic carboxylic acids is 1. The topological polar surface area (TPSA) is 76.2 Å². The molecule has 0 aliphatic heterocycles. The second-order valence-corrected chi connectivity index (χ2v) is 3.33. The summed E-state index contributed by atoms with van der Waals surface area (Å²) in [7, 11) is 0. The molecular weight excluding hydrogens is 204 g/mol. The largest absolute Gasteiger partial charge is 0.477 e. The van der Waals surface area contributed by atoms with E-state index in [9.17, 15) is 4.79 Å². The van der Waals surface area contributed by atoms with E-state index in [0.29, 0.717) is 11.3 Å². The van der Waals surface area contributed by atoms with Gasteiger partial charge in [-0.05, 0) is 11.6 Å². The SMILES string of the molecule is Nc1cnc(C(=O)O)cc1-c1ccccc1. The lowest BCUT2D eigenvalue weighted by Crippen LogP contribution is -2.02. The van der Waals surface area contributed by atoms with E-state index in [2.05, 4.69) is 4.98 Å². The molecule has 80 valence electrons. The molecule has 1 aromatic heterocycles. The second kappa shape index (κ2) is 4.02. The number of hydrogen-bond acceptors (Lipinski definition) is 3. The van der Waals surface area contributed by atoms with Gasteiger partial charge in [-0.3, -0.25) is 0 Å². The summed E-state index contributed by atoms with van der Waals surface area (Å²) in [6, 6.07) is 10.9. The molecule has 1 heterocycles. The van der Waals surface area contributed by atoms with Crippen LogP contribution in [-0.2, 0) is 0 Å². The van der Waals surface area contributed by atoms with E-state index in [1.807, 2.05) is 30.3 Å². The van der Waals surface area contributed by atoms with Crippen molar-refractivity contribution in [3.63, 3.8) is 0 Å². The van der Waals surface area contributed by atoms with E-state index in [0.717, 1.165) is 5.56 Å². The van der Waals surface area contributed by atoms with Gasteiger partial charge in [0.25, 0.3) is 0 Å². The molecule has 0 saturated carbocycles. The van der Waals surface area contributed by atoms with E-state index in [1.54, 1.807) is 0 Å². The van der Waals surface area contributed by atoms with Crippen molar-refractivity contribution in [2.24, 2.45) is 0 Å². The molecule has 0 amide bonds. The lowest BCUT2D eigenvalue weighted by Gasteiger charge is -2.05. The Kier molecular flexibility index (Phi) is 2.55. The standard InChI is InChI=1S/C12H10N2O2/c13-10-7-14-11(12(15)16)6-9(10)8-4-2-1-3-5-8/h1-7H,13H2,(H,15,16). The fourth-order valence-corrected chi connectivity index (χ4v) is 1.45. The number of rotatable bonds is 2. The fourth-order valence-electron chi connectivity index (χ4n) is 1.45. The highest BCUT2D eigenvalue weighted by Crippen LogP contribution is 2.25. The molecule has 4 heteroatoms. The third-order valence-electron chi connectivity index (χ3n) is 2.24. The van der Waals surface area contributed by atoms with Crippen molar-refractivity contribution in [2.45, 2.75) is 0 Å². The van der Waals surface area contributed by atoms with Gasteiger partial charge in [0.2, 0.25) is 0 Å². The van der Waals surface area contributed by atoms with Gasteiger partial charge in [-0.15, -0.1) is 0 Å². The molecular formula is C12H10N2O2. The summed E-state index contributed by atoms with van der Waals surface area (Å²) in [5, 5.41) is 8.84. The van der Waals surface area contributed by atoms with Crippen molar-refractivity contribution in [3.05, 3.63) is 48.3 Å². The number of benzene rings is 1. The zero-order valence-corrected chi connectivity index (χ0v) is 8.42. The fraction of sp³-hybridized carbons (Fsp3) is 0. The van der Waals surface area contributed by atoms with Gasteiger partial charge in [0.05, 0.1) is 11.9 Å². The molecule has 16 heavy (non-hydrogen) atoms. The average Bonchev–Trinajstić information content (AvgIpc) is 2.30.